The molecule has 1 saturated heterocycles. The highest BCUT2D eigenvalue weighted by Crippen LogP contribution is 2.16. The highest BCUT2D eigenvalue weighted by atomic mass is 16.6. The Bertz CT molecular complexity index is 3600. The summed E-state index contributed by atoms with van der Waals surface area (Å²) in [7, 11) is 0. The molecule has 1 heterocycles. The van der Waals surface area contributed by atoms with Crippen molar-refractivity contribution in [1.82, 2.24) is 79.3 Å². The molecule has 1 fully saturated rings. The second-order valence-corrected chi connectivity index (χ2v) is 31.5. The van der Waals surface area contributed by atoms with Gasteiger partial charge in [0.05, 0.1) is 18.8 Å². The summed E-state index contributed by atoms with van der Waals surface area (Å²) in [5.74, 6) is -11.5. The summed E-state index contributed by atoms with van der Waals surface area (Å²) in [6, 6.07) is 1.90. The second kappa shape index (κ2) is 52.9. The Morgan fingerprint density at radius 2 is 1.03 bits per heavy atom. The van der Waals surface area contributed by atoms with Crippen molar-refractivity contribution in [2.24, 2.45) is 5.92 Å². The number of amides is 15. The SMILES string of the molecule is CCC[C@H](NC(=O)CCCCCNC(=O)CCN(CCOC(C)=O)C(=O)OCc1ccccc1)C(=O)N[C@H](C(=O)N[C@@H](CCC)C(=O)N[C@H]1CCNC(=O)[C@H]([C@@H](C)O)NC(=O)[C@H](CCNC(=O)OC(C)(C)C)NC(=O)[C@H](CCNC(=O)OC(C)(C)C)NC(=O)[C@H](CC(C)C)NC(=O)[C@@H](Cc2ccccc2)NC(=O)[C@H](CCC)NC1=O)[C@@H](C)O. The average Bonchev–Trinajstić information content (AvgIpc) is 0.927. The van der Waals surface area contributed by atoms with E-state index < -0.39 is 192 Å². The molecule has 15 amide bonds. The lowest BCUT2D eigenvalue weighted by Gasteiger charge is -2.29. The smallest absolute Gasteiger partial charge is 0.410 e. The fraction of sp³-hybridized carbons (Fsp3) is 0.654. The van der Waals surface area contributed by atoms with Gasteiger partial charge < -0.3 is 108 Å². The van der Waals surface area contributed by atoms with E-state index in [0.29, 0.717) is 31.2 Å². The number of esters is 1. The van der Waals surface area contributed by atoms with Crippen LogP contribution in [0.1, 0.15) is 204 Å². The minimum Gasteiger partial charge on any atom is -0.464 e. The molecule has 0 spiro atoms. The molecule has 2 aromatic carbocycles. The van der Waals surface area contributed by atoms with Crippen LogP contribution in [0.2, 0.25) is 0 Å². The van der Waals surface area contributed by atoms with Crippen LogP contribution in [0, 0.1) is 5.92 Å². The van der Waals surface area contributed by atoms with E-state index in [1.165, 1.54) is 18.7 Å². The van der Waals surface area contributed by atoms with Crippen LogP contribution in [0.4, 0.5) is 14.4 Å². The Balaban J connectivity index is 1.97. The molecule has 3 rings (SSSR count). The maximum absolute atomic E-state index is 14.9. The lowest BCUT2D eigenvalue weighted by molar-refractivity contribution is -0.141. The molecule has 16 N–H and O–H groups in total. The van der Waals surface area contributed by atoms with E-state index in [2.05, 4.69) is 74.4 Å². The molecule has 0 radical (unpaired) electrons. The van der Waals surface area contributed by atoms with E-state index in [-0.39, 0.29) is 122 Å². The second-order valence-electron chi connectivity index (χ2n) is 31.5. The molecule has 0 aliphatic carbocycles. The molecule has 0 unspecified atom stereocenters. The molecule has 0 saturated carbocycles. The van der Waals surface area contributed by atoms with E-state index >= 15 is 0 Å². The van der Waals surface area contributed by atoms with Crippen molar-refractivity contribution >= 4 is 95.1 Å². The Morgan fingerprint density at radius 3 is 1.55 bits per heavy atom. The van der Waals surface area contributed by atoms with Crippen molar-refractivity contribution in [2.45, 2.75) is 290 Å². The maximum Gasteiger partial charge on any atom is 0.410 e. The van der Waals surface area contributed by atoms with Gasteiger partial charge in [0, 0.05) is 58.9 Å². The number of hydrogen-bond donors (Lipinski definition) is 16. The van der Waals surface area contributed by atoms with Crippen LogP contribution in [-0.2, 0) is 94.3 Å². The summed E-state index contributed by atoms with van der Waals surface area (Å²) >= 11 is 0. The zero-order chi connectivity index (χ0) is 88.2. The van der Waals surface area contributed by atoms with E-state index in [4.69, 9.17) is 18.9 Å². The molecular formula is C81H129N15O22. The molecular weight excluding hydrogens is 1530 g/mol. The zero-order valence-electron chi connectivity index (χ0n) is 70.8. The van der Waals surface area contributed by atoms with Gasteiger partial charge >= 0.3 is 24.2 Å². The third-order valence-electron chi connectivity index (χ3n) is 18.0. The van der Waals surface area contributed by atoms with Crippen LogP contribution >= 0.6 is 0 Å². The van der Waals surface area contributed by atoms with Crippen molar-refractivity contribution in [1.29, 1.82) is 0 Å². The number of nitrogens with zero attached hydrogens (tertiary/aromatic N) is 1. The van der Waals surface area contributed by atoms with Crippen LogP contribution in [0.25, 0.3) is 0 Å². The fourth-order valence-electron chi connectivity index (χ4n) is 12.0. The zero-order valence-corrected chi connectivity index (χ0v) is 70.8. The van der Waals surface area contributed by atoms with Crippen LogP contribution in [-0.4, -0.2) is 240 Å². The molecule has 0 bridgehead atoms. The number of aliphatic hydroxyl groups is 2. The van der Waals surface area contributed by atoms with Gasteiger partial charge in [-0.05, 0) is 130 Å². The summed E-state index contributed by atoms with van der Waals surface area (Å²) in [6.07, 6.45) is -5.28. The molecule has 1 aliphatic heterocycles. The standard InChI is InChI=1S/C81H129N15O22/c1-15-27-55(86-64(101)34-25-20-26-39-82-63(100)38-43-96(44-45-115-52(8)99)79(114)116-48-54-32-23-19-24-33-54)71(106)95-66(51(7)98)76(111)91-57(29-17-3)67(102)88-58-35-40-83-75(110)65(50(6)97)94-72(107)60(37-42-85-78(113)118-81(12,13)14)89-70(105)59(36-41-84-77(112)117-80(9,10)11)90-73(108)61(46-49(4)5)92-74(109)62(47-53-30-21-18-22-31-53)93-68(103)56(28-16-2)87-69(58)104/h18-19,21-24,30-33,49-51,55-62,65-66,97-98H,15-17,20,25-29,34-48H2,1-14H3,(H,82,100)(H,83,110)(H,84,112)(H,85,113)(H,86,101)(H,87,104)(H,88,102)(H,89,105)(H,90,108)(H,91,111)(H,92,109)(H,93,103)(H,94,107)(H,95,106)/t50-,51-,55+,56+,57+,58+,59+,60+,61+,62-,65+,66+/m1/s1. The maximum atomic E-state index is 14.9. The van der Waals surface area contributed by atoms with Gasteiger partial charge in [-0.2, -0.15) is 0 Å². The van der Waals surface area contributed by atoms with Crippen LogP contribution in [0.15, 0.2) is 60.7 Å². The van der Waals surface area contributed by atoms with Crippen molar-refractivity contribution in [2.75, 3.05) is 45.9 Å². The first-order chi connectivity index (χ1) is 55.6. The topological polar surface area (TPSA) is 522 Å². The van der Waals surface area contributed by atoms with E-state index in [1.54, 1.807) is 131 Å². The van der Waals surface area contributed by atoms with Crippen LogP contribution in [0.3, 0.4) is 0 Å². The summed E-state index contributed by atoms with van der Waals surface area (Å²) in [6.45, 7) is 20.9. The van der Waals surface area contributed by atoms with Crippen molar-refractivity contribution in [3.63, 3.8) is 0 Å². The number of benzene rings is 2. The van der Waals surface area contributed by atoms with E-state index in [9.17, 15) is 86.9 Å². The minimum atomic E-state index is -1.83. The number of alkyl carbamates (subject to hydrolysis) is 2. The van der Waals surface area contributed by atoms with Crippen molar-refractivity contribution < 1.29 is 106 Å². The molecule has 37 nitrogen and oxygen atoms in total. The Kier molecular flexibility index (Phi) is 45.5. The van der Waals surface area contributed by atoms with Crippen LogP contribution < -0.4 is 74.4 Å². The number of nitrogens with one attached hydrogen (secondary N) is 14. The normalized spacial score (nSPS) is 19.4. The first-order valence-corrected chi connectivity index (χ1v) is 40.6. The molecule has 2 aromatic rings. The van der Waals surface area contributed by atoms with E-state index in [1.807, 2.05) is 6.07 Å². The lowest BCUT2D eigenvalue weighted by Crippen LogP contribution is -2.61. The van der Waals surface area contributed by atoms with Gasteiger partial charge in [-0.1, -0.05) is 121 Å². The first kappa shape index (κ1) is 101. The molecule has 660 valence electrons. The fourth-order valence-corrected chi connectivity index (χ4v) is 12.0. The van der Waals surface area contributed by atoms with Crippen molar-refractivity contribution in [3.05, 3.63) is 71.8 Å². The highest BCUT2D eigenvalue weighted by Gasteiger charge is 2.39. The number of hydrogen-bond acceptors (Lipinski definition) is 22. The Hall–Kier alpha value is -10.7. The molecule has 12 atom stereocenters. The summed E-state index contributed by atoms with van der Waals surface area (Å²) in [5.41, 5.74) is -0.589. The predicted molar refractivity (Wildman–Crippen MR) is 433 cm³/mol. The van der Waals surface area contributed by atoms with Crippen LogP contribution in [0.5, 0.6) is 0 Å². The van der Waals surface area contributed by atoms with Gasteiger partial charge in [-0.3, -0.25) is 62.3 Å². The molecule has 37 heteroatoms. The minimum absolute atomic E-state index is 0.00653. The number of carbonyl (C=O) groups is 16. The number of aliphatic hydroxyl groups excluding tert-OH is 2. The first-order valence-electron chi connectivity index (χ1n) is 40.6. The average molecular weight is 1670 g/mol. The van der Waals surface area contributed by atoms with Gasteiger partial charge in [-0.15, -0.1) is 0 Å². The number of ether oxygens (including phenoxy) is 4. The van der Waals surface area contributed by atoms with E-state index in [0.717, 1.165) is 12.5 Å². The highest BCUT2D eigenvalue weighted by molar-refractivity contribution is 5.99. The van der Waals surface area contributed by atoms with Gasteiger partial charge in [0.2, 0.25) is 70.9 Å². The van der Waals surface area contributed by atoms with Gasteiger partial charge in [0.15, 0.2) is 0 Å². The number of carbonyl (C=O) groups excluding carboxylic acids is 16. The molecule has 0 aromatic heterocycles. The quantitative estimate of drug-likeness (QED) is 0.0258. The summed E-state index contributed by atoms with van der Waals surface area (Å²) in [4.78, 5) is 224. The van der Waals surface area contributed by atoms with Gasteiger partial charge in [0.25, 0.3) is 0 Å². The molecule has 1 aliphatic rings. The monoisotopic (exact) mass is 1660 g/mol. The third-order valence-corrected chi connectivity index (χ3v) is 18.0. The summed E-state index contributed by atoms with van der Waals surface area (Å²) < 4.78 is 21.2. The largest absolute Gasteiger partial charge is 0.464 e. The summed E-state index contributed by atoms with van der Waals surface area (Å²) in [5, 5.41) is 58.7. The Morgan fingerprint density at radius 1 is 0.517 bits per heavy atom. The van der Waals surface area contributed by atoms with Crippen molar-refractivity contribution in [3.8, 4) is 0 Å². The molecule has 118 heavy (non-hydrogen) atoms. The lowest BCUT2D eigenvalue weighted by atomic mass is 10.00. The predicted octanol–water partition coefficient (Wildman–Crippen LogP) is 1.90. The van der Waals surface area contributed by atoms with Gasteiger partial charge in [0.1, 0.15) is 84.8 Å². The van der Waals surface area contributed by atoms with Gasteiger partial charge in [-0.25, -0.2) is 14.4 Å². The number of unbranched alkanes of at least 4 members (excludes halogenated alkanes) is 2. The number of rotatable bonds is 39. The Labute approximate surface area is 691 Å². The third kappa shape index (κ3) is 40.9.